The number of hydrogen-bond donors (Lipinski definition) is 2. The Labute approximate surface area is 141 Å². The zero-order valence-corrected chi connectivity index (χ0v) is 14.2. The molecule has 0 aliphatic heterocycles. The smallest absolute Gasteiger partial charge is 0.303 e. The summed E-state index contributed by atoms with van der Waals surface area (Å²) >= 11 is 0. The zero-order chi connectivity index (χ0) is 17.0. The van der Waals surface area contributed by atoms with Gasteiger partial charge in [-0.25, -0.2) is 0 Å². The molecule has 2 N–H and O–H groups in total. The van der Waals surface area contributed by atoms with Crippen molar-refractivity contribution in [1.82, 2.24) is 0 Å². The summed E-state index contributed by atoms with van der Waals surface area (Å²) in [6.45, 7) is 0.305. The Hall–Kier alpha value is -1.61. The highest BCUT2D eigenvalue weighted by Gasteiger charge is 1.92. The van der Waals surface area contributed by atoms with Crippen LogP contribution in [0.2, 0.25) is 0 Å². The van der Waals surface area contributed by atoms with Crippen molar-refractivity contribution in [3.8, 4) is 0 Å². The van der Waals surface area contributed by atoms with E-state index in [4.69, 9.17) is 10.2 Å². The predicted octanol–water partition coefficient (Wildman–Crippen LogP) is 5.19. The Balaban J connectivity index is 3.40. The van der Waals surface area contributed by atoms with Gasteiger partial charge in [-0.1, -0.05) is 55.0 Å². The Morgan fingerprint density at radius 2 is 1.35 bits per heavy atom. The van der Waals surface area contributed by atoms with Gasteiger partial charge < -0.3 is 10.2 Å². The molecule has 3 nitrogen and oxygen atoms in total. The SMILES string of the molecule is O=C(O)CCC/C=C\CC/C=C/C=C\C/C=C\CCCCCO. The summed E-state index contributed by atoms with van der Waals surface area (Å²) in [5, 5.41) is 17.1. The highest BCUT2D eigenvalue weighted by Crippen LogP contribution is 2.01. The fourth-order valence-corrected chi connectivity index (χ4v) is 1.97. The van der Waals surface area contributed by atoms with Crippen molar-refractivity contribution >= 4 is 5.97 Å². The molecule has 0 aromatic carbocycles. The van der Waals surface area contributed by atoms with Crippen LogP contribution in [-0.2, 0) is 4.79 Å². The molecule has 0 saturated carbocycles. The molecule has 3 heteroatoms. The van der Waals surface area contributed by atoms with E-state index in [0.717, 1.165) is 57.8 Å². The van der Waals surface area contributed by atoms with Crippen LogP contribution in [0.4, 0.5) is 0 Å². The maximum atomic E-state index is 10.3. The van der Waals surface area contributed by atoms with Crippen LogP contribution in [0.1, 0.15) is 64.2 Å². The van der Waals surface area contributed by atoms with Crippen LogP contribution >= 0.6 is 0 Å². The van der Waals surface area contributed by atoms with Crippen molar-refractivity contribution in [1.29, 1.82) is 0 Å². The average Bonchev–Trinajstić information content (AvgIpc) is 2.53. The number of carboxylic acids is 1. The van der Waals surface area contributed by atoms with Crippen LogP contribution in [0.25, 0.3) is 0 Å². The first-order valence-corrected chi connectivity index (χ1v) is 8.71. The highest BCUT2D eigenvalue weighted by molar-refractivity contribution is 5.66. The van der Waals surface area contributed by atoms with Gasteiger partial charge in [0.2, 0.25) is 0 Å². The first kappa shape index (κ1) is 21.4. The number of unbranched alkanes of at least 4 members (excludes halogenated alkanes) is 5. The molecule has 0 rings (SSSR count). The summed E-state index contributed by atoms with van der Waals surface area (Å²) in [7, 11) is 0. The topological polar surface area (TPSA) is 57.5 Å². The molecule has 0 aromatic heterocycles. The molecule has 0 aliphatic carbocycles. The largest absolute Gasteiger partial charge is 0.481 e. The Kier molecular flexibility index (Phi) is 17.1. The Bertz CT molecular complexity index is 378. The molecule has 130 valence electrons. The third-order valence-electron chi connectivity index (χ3n) is 3.28. The summed E-state index contributed by atoms with van der Waals surface area (Å²) < 4.78 is 0. The molecule has 0 amide bonds. The second kappa shape index (κ2) is 18.4. The van der Waals surface area contributed by atoms with Crippen molar-refractivity contribution in [3.63, 3.8) is 0 Å². The van der Waals surface area contributed by atoms with Crippen LogP contribution < -0.4 is 0 Å². The van der Waals surface area contributed by atoms with Crippen molar-refractivity contribution in [2.75, 3.05) is 6.61 Å². The minimum Gasteiger partial charge on any atom is -0.481 e. The summed E-state index contributed by atoms with van der Waals surface area (Å²) in [6.07, 6.45) is 26.1. The highest BCUT2D eigenvalue weighted by atomic mass is 16.4. The molecule has 0 bridgehead atoms. The summed E-state index contributed by atoms with van der Waals surface area (Å²) in [5.74, 6) is -0.718. The van der Waals surface area contributed by atoms with Gasteiger partial charge in [0.1, 0.15) is 0 Å². The summed E-state index contributed by atoms with van der Waals surface area (Å²) in [6, 6.07) is 0. The minimum atomic E-state index is -0.718. The molecule has 0 fully saturated rings. The Morgan fingerprint density at radius 3 is 2.13 bits per heavy atom. The first-order valence-electron chi connectivity index (χ1n) is 8.71. The first-order chi connectivity index (χ1) is 11.3. The van der Waals surface area contributed by atoms with Gasteiger partial charge in [-0.2, -0.15) is 0 Å². The maximum Gasteiger partial charge on any atom is 0.303 e. The maximum absolute atomic E-state index is 10.3. The molecule has 0 heterocycles. The predicted molar refractivity (Wildman–Crippen MR) is 97.5 cm³/mol. The van der Waals surface area contributed by atoms with Gasteiger partial charge in [0, 0.05) is 13.0 Å². The molecule has 0 radical (unpaired) electrons. The number of aliphatic hydroxyl groups is 1. The van der Waals surface area contributed by atoms with E-state index in [-0.39, 0.29) is 6.42 Å². The van der Waals surface area contributed by atoms with Crippen LogP contribution in [-0.4, -0.2) is 22.8 Å². The lowest BCUT2D eigenvalue weighted by Gasteiger charge is -1.93. The van der Waals surface area contributed by atoms with Gasteiger partial charge in [-0.3, -0.25) is 4.79 Å². The van der Waals surface area contributed by atoms with E-state index >= 15 is 0 Å². The van der Waals surface area contributed by atoms with Crippen molar-refractivity contribution in [3.05, 3.63) is 48.6 Å². The minimum absolute atomic E-state index is 0.256. The van der Waals surface area contributed by atoms with Gasteiger partial charge in [0.25, 0.3) is 0 Å². The van der Waals surface area contributed by atoms with Gasteiger partial charge >= 0.3 is 5.97 Å². The molecule has 0 unspecified atom stereocenters. The summed E-state index contributed by atoms with van der Waals surface area (Å²) in [4.78, 5) is 10.3. The monoisotopic (exact) mass is 320 g/mol. The number of allylic oxidation sites excluding steroid dienone is 8. The molecule has 0 atom stereocenters. The normalized spacial score (nSPS) is 12.4. The summed E-state index contributed by atoms with van der Waals surface area (Å²) in [5.41, 5.74) is 0. The van der Waals surface area contributed by atoms with Gasteiger partial charge in [0.05, 0.1) is 0 Å². The number of carboxylic acid groups (broad SMARTS) is 1. The van der Waals surface area contributed by atoms with E-state index in [1.54, 1.807) is 0 Å². The van der Waals surface area contributed by atoms with E-state index in [2.05, 4.69) is 48.6 Å². The van der Waals surface area contributed by atoms with Gasteiger partial charge in [-0.15, -0.1) is 0 Å². The fraction of sp³-hybridized carbons (Fsp3) is 0.550. The molecule has 0 spiro atoms. The number of aliphatic carboxylic acids is 1. The van der Waals surface area contributed by atoms with Crippen molar-refractivity contribution < 1.29 is 15.0 Å². The van der Waals surface area contributed by atoms with E-state index in [9.17, 15) is 4.79 Å². The van der Waals surface area contributed by atoms with Crippen LogP contribution in [0.3, 0.4) is 0 Å². The lowest BCUT2D eigenvalue weighted by atomic mass is 10.2. The number of hydrogen-bond acceptors (Lipinski definition) is 2. The molecule has 0 aliphatic rings. The quantitative estimate of drug-likeness (QED) is 0.248. The van der Waals surface area contributed by atoms with E-state index in [1.807, 2.05) is 0 Å². The standard InChI is InChI=1S/C20H32O3/c21-19-17-15-13-11-9-7-5-3-1-2-4-6-8-10-12-14-16-18-20(22)23/h1-4,7,9-10,12,21H,5-6,8,11,13-19H2,(H,22,23)/b3-1-,4-2+,9-7-,12-10-. The van der Waals surface area contributed by atoms with Crippen LogP contribution in [0.15, 0.2) is 48.6 Å². The lowest BCUT2D eigenvalue weighted by molar-refractivity contribution is -0.137. The molecule has 0 aromatic rings. The zero-order valence-electron chi connectivity index (χ0n) is 14.2. The number of carbonyl (C=O) groups is 1. The van der Waals surface area contributed by atoms with E-state index in [1.165, 1.54) is 0 Å². The Morgan fingerprint density at radius 1 is 0.696 bits per heavy atom. The molecular formula is C20H32O3. The average molecular weight is 320 g/mol. The van der Waals surface area contributed by atoms with Crippen molar-refractivity contribution in [2.45, 2.75) is 64.2 Å². The molecule has 0 saturated heterocycles. The number of rotatable bonds is 15. The lowest BCUT2D eigenvalue weighted by Crippen LogP contribution is -1.92. The molecule has 23 heavy (non-hydrogen) atoms. The second-order valence-electron chi connectivity index (χ2n) is 5.47. The second-order valence-corrected chi connectivity index (χ2v) is 5.47. The van der Waals surface area contributed by atoms with E-state index in [0.29, 0.717) is 6.61 Å². The van der Waals surface area contributed by atoms with E-state index < -0.39 is 5.97 Å². The number of aliphatic hydroxyl groups excluding tert-OH is 1. The molecular weight excluding hydrogens is 288 g/mol. The third-order valence-corrected chi connectivity index (χ3v) is 3.28. The fourth-order valence-electron chi connectivity index (χ4n) is 1.97. The van der Waals surface area contributed by atoms with Crippen LogP contribution in [0.5, 0.6) is 0 Å². The van der Waals surface area contributed by atoms with Crippen molar-refractivity contribution in [2.24, 2.45) is 0 Å². The van der Waals surface area contributed by atoms with Gasteiger partial charge in [-0.05, 0) is 51.4 Å². The van der Waals surface area contributed by atoms with Crippen LogP contribution in [0, 0.1) is 0 Å². The van der Waals surface area contributed by atoms with Gasteiger partial charge in [0.15, 0.2) is 0 Å². The third kappa shape index (κ3) is 20.4.